The van der Waals surface area contributed by atoms with Crippen LogP contribution in [0.5, 0.6) is 5.75 Å². The third-order valence-corrected chi connectivity index (χ3v) is 4.34. The SMILES string of the molecule is CCCn1cc2c(c1-c1ccc(OC)cc1)c(=O)n(C)c(=O)n2C. The minimum Gasteiger partial charge on any atom is -0.497 e. The average molecular weight is 327 g/mol. The number of ether oxygens (including phenoxy) is 1. The summed E-state index contributed by atoms with van der Waals surface area (Å²) in [5, 5.41) is 0.568. The molecular weight excluding hydrogens is 306 g/mol. The molecule has 0 saturated heterocycles. The van der Waals surface area contributed by atoms with Crippen LogP contribution in [-0.2, 0) is 20.6 Å². The van der Waals surface area contributed by atoms with Crippen molar-refractivity contribution >= 4 is 10.9 Å². The van der Waals surface area contributed by atoms with Gasteiger partial charge >= 0.3 is 5.69 Å². The van der Waals surface area contributed by atoms with Gasteiger partial charge in [0, 0.05) is 26.8 Å². The van der Waals surface area contributed by atoms with Gasteiger partial charge in [-0.05, 0) is 36.2 Å². The second-order valence-corrected chi connectivity index (χ2v) is 5.87. The van der Waals surface area contributed by atoms with E-state index in [2.05, 4.69) is 6.92 Å². The van der Waals surface area contributed by atoms with Crippen molar-refractivity contribution < 1.29 is 4.74 Å². The molecule has 0 aliphatic heterocycles. The molecule has 0 amide bonds. The molecule has 0 unspecified atom stereocenters. The van der Waals surface area contributed by atoms with Gasteiger partial charge in [-0.25, -0.2) is 4.79 Å². The molecule has 0 atom stereocenters. The molecular formula is C18H21N3O3. The summed E-state index contributed by atoms with van der Waals surface area (Å²) in [6.07, 6.45) is 2.82. The molecule has 2 aromatic heterocycles. The minimum absolute atomic E-state index is 0.270. The molecule has 1 aromatic carbocycles. The predicted octanol–water partition coefficient (Wildman–Crippen LogP) is 2.12. The molecule has 0 aliphatic rings. The van der Waals surface area contributed by atoms with E-state index < -0.39 is 0 Å². The number of aromatic nitrogens is 3. The second kappa shape index (κ2) is 6.03. The highest BCUT2D eigenvalue weighted by atomic mass is 16.5. The van der Waals surface area contributed by atoms with Crippen molar-refractivity contribution in [3.8, 4) is 17.0 Å². The van der Waals surface area contributed by atoms with Crippen molar-refractivity contribution in [3.63, 3.8) is 0 Å². The molecule has 6 heteroatoms. The molecule has 0 fully saturated rings. The van der Waals surface area contributed by atoms with E-state index in [0.717, 1.165) is 34.5 Å². The van der Waals surface area contributed by atoms with Crippen molar-refractivity contribution in [2.75, 3.05) is 7.11 Å². The number of aryl methyl sites for hydroxylation is 2. The smallest absolute Gasteiger partial charge is 0.330 e. The van der Waals surface area contributed by atoms with Crippen LogP contribution in [0.3, 0.4) is 0 Å². The Morgan fingerprint density at radius 2 is 1.71 bits per heavy atom. The number of rotatable bonds is 4. The summed E-state index contributed by atoms with van der Waals surface area (Å²) < 4.78 is 9.94. The van der Waals surface area contributed by atoms with Gasteiger partial charge < -0.3 is 9.30 Å². The molecule has 126 valence electrons. The summed E-state index contributed by atoms with van der Waals surface area (Å²) in [6, 6.07) is 7.61. The van der Waals surface area contributed by atoms with E-state index in [4.69, 9.17) is 4.74 Å². The van der Waals surface area contributed by atoms with Gasteiger partial charge in [0.05, 0.1) is 23.7 Å². The van der Waals surface area contributed by atoms with Gasteiger partial charge in [0.1, 0.15) is 5.75 Å². The second-order valence-electron chi connectivity index (χ2n) is 5.87. The zero-order valence-electron chi connectivity index (χ0n) is 14.4. The zero-order chi connectivity index (χ0) is 17.4. The number of methoxy groups -OCH3 is 1. The Hall–Kier alpha value is -2.76. The normalized spacial score (nSPS) is 11.2. The average Bonchev–Trinajstić information content (AvgIpc) is 2.98. The summed E-state index contributed by atoms with van der Waals surface area (Å²) in [7, 11) is 4.83. The Kier molecular flexibility index (Phi) is 4.05. The highest BCUT2D eigenvalue weighted by molar-refractivity contribution is 5.93. The largest absolute Gasteiger partial charge is 0.497 e. The first kappa shape index (κ1) is 16.1. The fraction of sp³-hybridized carbons (Fsp3) is 0.333. The predicted molar refractivity (Wildman–Crippen MR) is 94.7 cm³/mol. The van der Waals surface area contributed by atoms with Gasteiger partial charge in [0.15, 0.2) is 0 Å². The standard InChI is InChI=1S/C18H21N3O3/c1-5-10-21-11-14-15(17(22)20(3)18(23)19(14)2)16(21)12-6-8-13(24-4)9-7-12/h6-9,11H,5,10H2,1-4H3. The quantitative estimate of drug-likeness (QED) is 0.737. The van der Waals surface area contributed by atoms with Crippen LogP contribution in [0.2, 0.25) is 0 Å². The van der Waals surface area contributed by atoms with E-state index in [1.165, 1.54) is 11.6 Å². The van der Waals surface area contributed by atoms with E-state index in [9.17, 15) is 9.59 Å². The molecule has 0 N–H and O–H groups in total. The van der Waals surface area contributed by atoms with Crippen molar-refractivity contribution in [1.29, 1.82) is 0 Å². The molecule has 0 saturated carbocycles. The highest BCUT2D eigenvalue weighted by Gasteiger charge is 2.18. The molecule has 0 radical (unpaired) electrons. The lowest BCUT2D eigenvalue weighted by Gasteiger charge is -2.09. The minimum atomic E-state index is -0.317. The Labute approximate surface area is 139 Å². The molecule has 0 aliphatic carbocycles. The molecule has 6 nitrogen and oxygen atoms in total. The fourth-order valence-electron chi connectivity index (χ4n) is 3.07. The van der Waals surface area contributed by atoms with Crippen LogP contribution in [0, 0.1) is 0 Å². The Balaban J connectivity index is 2.41. The zero-order valence-corrected chi connectivity index (χ0v) is 14.4. The van der Waals surface area contributed by atoms with Crippen LogP contribution < -0.4 is 16.0 Å². The van der Waals surface area contributed by atoms with Crippen LogP contribution in [0.4, 0.5) is 0 Å². The first-order valence-corrected chi connectivity index (χ1v) is 7.92. The molecule has 24 heavy (non-hydrogen) atoms. The molecule has 3 aromatic rings. The number of nitrogens with zero attached hydrogens (tertiary/aromatic N) is 3. The van der Waals surface area contributed by atoms with Crippen molar-refractivity contribution in [1.82, 2.24) is 13.7 Å². The number of hydrogen-bond acceptors (Lipinski definition) is 3. The molecule has 0 bridgehead atoms. The molecule has 3 rings (SSSR count). The van der Waals surface area contributed by atoms with Gasteiger partial charge in [-0.3, -0.25) is 13.9 Å². The van der Waals surface area contributed by atoms with E-state index in [0.29, 0.717) is 10.9 Å². The van der Waals surface area contributed by atoms with Gasteiger partial charge in [-0.15, -0.1) is 0 Å². The van der Waals surface area contributed by atoms with Crippen LogP contribution >= 0.6 is 0 Å². The summed E-state index contributed by atoms with van der Waals surface area (Å²) in [5.41, 5.74) is 1.83. The summed E-state index contributed by atoms with van der Waals surface area (Å²) in [4.78, 5) is 24.9. The summed E-state index contributed by atoms with van der Waals surface area (Å²) in [6.45, 7) is 2.85. The third kappa shape index (κ3) is 2.35. The maximum absolute atomic E-state index is 12.7. The topological polar surface area (TPSA) is 58.2 Å². The van der Waals surface area contributed by atoms with E-state index in [1.54, 1.807) is 14.2 Å². The van der Waals surface area contributed by atoms with Crippen LogP contribution in [0.15, 0.2) is 40.1 Å². The molecule has 2 heterocycles. The molecule has 0 spiro atoms. The maximum atomic E-state index is 12.7. The monoisotopic (exact) mass is 327 g/mol. The first-order chi connectivity index (χ1) is 11.5. The number of fused-ring (bicyclic) bond motifs is 1. The van der Waals surface area contributed by atoms with Gasteiger partial charge in [0.2, 0.25) is 0 Å². The van der Waals surface area contributed by atoms with Gasteiger partial charge in [0.25, 0.3) is 5.56 Å². The highest BCUT2D eigenvalue weighted by Crippen LogP contribution is 2.29. The van der Waals surface area contributed by atoms with Crippen LogP contribution in [0.1, 0.15) is 13.3 Å². The third-order valence-electron chi connectivity index (χ3n) is 4.34. The lowest BCUT2D eigenvalue weighted by molar-refractivity contribution is 0.415. The summed E-state index contributed by atoms with van der Waals surface area (Å²) in [5.74, 6) is 0.761. The Morgan fingerprint density at radius 1 is 1.04 bits per heavy atom. The van der Waals surface area contributed by atoms with Crippen LogP contribution in [-0.4, -0.2) is 20.8 Å². The van der Waals surface area contributed by atoms with Crippen molar-refractivity contribution in [2.45, 2.75) is 19.9 Å². The first-order valence-electron chi connectivity index (χ1n) is 7.92. The number of hydrogen-bond donors (Lipinski definition) is 0. The van der Waals surface area contributed by atoms with Crippen LogP contribution in [0.25, 0.3) is 22.2 Å². The van der Waals surface area contributed by atoms with Crippen molar-refractivity contribution in [2.24, 2.45) is 14.1 Å². The Bertz CT molecular complexity index is 1010. The fourth-order valence-corrected chi connectivity index (χ4v) is 3.07. The number of benzene rings is 1. The van der Waals surface area contributed by atoms with E-state index in [1.807, 2.05) is 35.0 Å². The van der Waals surface area contributed by atoms with Gasteiger partial charge in [-0.2, -0.15) is 0 Å². The lowest BCUT2D eigenvalue weighted by Crippen LogP contribution is -2.36. The Morgan fingerprint density at radius 3 is 2.29 bits per heavy atom. The van der Waals surface area contributed by atoms with E-state index >= 15 is 0 Å². The van der Waals surface area contributed by atoms with E-state index in [-0.39, 0.29) is 11.2 Å². The van der Waals surface area contributed by atoms with Crippen molar-refractivity contribution in [3.05, 3.63) is 51.3 Å². The van der Waals surface area contributed by atoms with Gasteiger partial charge in [-0.1, -0.05) is 6.92 Å². The maximum Gasteiger partial charge on any atom is 0.330 e. The lowest BCUT2D eigenvalue weighted by atomic mass is 10.1. The summed E-state index contributed by atoms with van der Waals surface area (Å²) >= 11 is 0.